The Morgan fingerprint density at radius 2 is 1.53 bits per heavy atom. The maximum atomic E-state index is 8.59. The van der Waals surface area contributed by atoms with Crippen LogP contribution < -0.4 is 5.32 Å². The first-order valence-corrected chi connectivity index (χ1v) is 8.38. The second-order valence-corrected chi connectivity index (χ2v) is 8.01. The zero-order valence-electron chi connectivity index (χ0n) is 11.9. The lowest BCUT2D eigenvalue weighted by molar-refractivity contribution is -0.112. The molecule has 104 valence electrons. The standard InChI is InChI=1S/C17H26N2/c18-2-1-3-19-16-7-15(8-16)17-9-12-4-13(10-17)6-14(5-12)11-17/h12-16,19H,1,3-11H2. The average molecular weight is 258 g/mol. The highest BCUT2D eigenvalue weighted by Crippen LogP contribution is 2.65. The summed E-state index contributed by atoms with van der Waals surface area (Å²) in [5, 5.41) is 12.1. The Labute approximate surface area is 116 Å². The SMILES string of the molecule is N#CCCNC1CC(C23CC4CC(CC(C4)C2)C3)C1. The van der Waals surface area contributed by atoms with Crippen molar-refractivity contribution in [3.63, 3.8) is 0 Å². The fraction of sp³-hybridized carbons (Fsp3) is 0.941. The molecule has 5 saturated carbocycles. The molecule has 0 radical (unpaired) electrons. The van der Waals surface area contributed by atoms with E-state index in [1.807, 2.05) is 0 Å². The van der Waals surface area contributed by atoms with Crippen molar-refractivity contribution in [1.29, 1.82) is 5.26 Å². The summed E-state index contributed by atoms with van der Waals surface area (Å²) in [7, 11) is 0. The van der Waals surface area contributed by atoms with Crippen LogP contribution in [0.3, 0.4) is 0 Å². The zero-order chi connectivity index (χ0) is 12.9. The quantitative estimate of drug-likeness (QED) is 0.784. The largest absolute Gasteiger partial charge is 0.313 e. The fourth-order valence-corrected chi connectivity index (χ4v) is 6.29. The van der Waals surface area contributed by atoms with Gasteiger partial charge in [-0.3, -0.25) is 0 Å². The molecule has 2 heteroatoms. The van der Waals surface area contributed by atoms with E-state index >= 15 is 0 Å². The van der Waals surface area contributed by atoms with Gasteiger partial charge in [0.2, 0.25) is 0 Å². The predicted octanol–water partition coefficient (Wildman–Crippen LogP) is 3.48. The van der Waals surface area contributed by atoms with Gasteiger partial charge >= 0.3 is 0 Å². The van der Waals surface area contributed by atoms with Crippen molar-refractivity contribution in [3.05, 3.63) is 0 Å². The van der Waals surface area contributed by atoms with Crippen LogP contribution in [0.5, 0.6) is 0 Å². The molecule has 0 amide bonds. The van der Waals surface area contributed by atoms with E-state index in [2.05, 4.69) is 11.4 Å². The number of hydrogen-bond acceptors (Lipinski definition) is 2. The normalized spacial score (nSPS) is 50.8. The molecule has 5 rings (SSSR count). The van der Waals surface area contributed by atoms with Gasteiger partial charge in [0, 0.05) is 19.0 Å². The Balaban J connectivity index is 1.35. The number of nitrogens with one attached hydrogen (secondary N) is 1. The van der Waals surface area contributed by atoms with Crippen molar-refractivity contribution < 1.29 is 0 Å². The van der Waals surface area contributed by atoms with Crippen molar-refractivity contribution in [2.45, 2.75) is 63.8 Å². The molecule has 2 nitrogen and oxygen atoms in total. The van der Waals surface area contributed by atoms with Crippen molar-refractivity contribution in [3.8, 4) is 6.07 Å². The Bertz CT molecular complexity index is 353. The molecule has 0 unspecified atom stereocenters. The van der Waals surface area contributed by atoms with Crippen LogP contribution in [0.1, 0.15) is 57.8 Å². The summed E-state index contributed by atoms with van der Waals surface area (Å²) in [4.78, 5) is 0. The fourth-order valence-electron chi connectivity index (χ4n) is 6.29. The third-order valence-corrected chi connectivity index (χ3v) is 6.76. The monoisotopic (exact) mass is 258 g/mol. The van der Waals surface area contributed by atoms with Gasteiger partial charge in [-0.2, -0.15) is 5.26 Å². The molecule has 5 aliphatic carbocycles. The Kier molecular flexibility index (Phi) is 2.88. The minimum absolute atomic E-state index is 0.665. The Hall–Kier alpha value is -0.550. The third-order valence-electron chi connectivity index (χ3n) is 6.76. The molecule has 5 aliphatic rings. The number of nitrogens with zero attached hydrogens (tertiary/aromatic N) is 1. The lowest BCUT2D eigenvalue weighted by Gasteiger charge is -2.62. The van der Waals surface area contributed by atoms with E-state index in [9.17, 15) is 0 Å². The molecule has 0 saturated heterocycles. The number of hydrogen-bond donors (Lipinski definition) is 1. The molecule has 0 aromatic rings. The van der Waals surface area contributed by atoms with E-state index in [4.69, 9.17) is 5.26 Å². The molecule has 0 aromatic heterocycles. The molecule has 5 fully saturated rings. The lowest BCUT2D eigenvalue weighted by Crippen LogP contribution is -2.55. The van der Waals surface area contributed by atoms with Crippen molar-refractivity contribution >= 4 is 0 Å². The molecule has 1 N–H and O–H groups in total. The van der Waals surface area contributed by atoms with Crippen molar-refractivity contribution in [2.24, 2.45) is 29.1 Å². The maximum Gasteiger partial charge on any atom is 0.0635 e. The topological polar surface area (TPSA) is 35.8 Å². The first-order chi connectivity index (χ1) is 9.27. The maximum absolute atomic E-state index is 8.59. The van der Waals surface area contributed by atoms with Gasteiger partial charge in [-0.1, -0.05) is 0 Å². The van der Waals surface area contributed by atoms with Gasteiger partial charge in [-0.15, -0.1) is 0 Å². The van der Waals surface area contributed by atoms with Gasteiger partial charge in [0.1, 0.15) is 0 Å². The second-order valence-electron chi connectivity index (χ2n) is 8.01. The summed E-state index contributed by atoms with van der Waals surface area (Å²) in [5.41, 5.74) is 0.766. The smallest absolute Gasteiger partial charge is 0.0635 e. The van der Waals surface area contributed by atoms with Crippen LogP contribution in [0.25, 0.3) is 0 Å². The summed E-state index contributed by atoms with van der Waals surface area (Å²) in [5.74, 6) is 4.30. The van der Waals surface area contributed by atoms with Crippen LogP contribution in [0.15, 0.2) is 0 Å². The van der Waals surface area contributed by atoms with Crippen molar-refractivity contribution in [1.82, 2.24) is 5.32 Å². The van der Waals surface area contributed by atoms with Gasteiger partial charge in [-0.25, -0.2) is 0 Å². The predicted molar refractivity (Wildman–Crippen MR) is 75.3 cm³/mol. The van der Waals surface area contributed by atoms with E-state index in [1.54, 1.807) is 38.5 Å². The minimum Gasteiger partial charge on any atom is -0.313 e. The highest BCUT2D eigenvalue weighted by atomic mass is 14.9. The van der Waals surface area contributed by atoms with Crippen LogP contribution in [-0.4, -0.2) is 12.6 Å². The summed E-state index contributed by atoms with van der Waals surface area (Å²) >= 11 is 0. The third kappa shape index (κ3) is 2.02. The van der Waals surface area contributed by atoms with Gasteiger partial charge < -0.3 is 5.32 Å². The van der Waals surface area contributed by atoms with Crippen LogP contribution in [0.4, 0.5) is 0 Å². The Morgan fingerprint density at radius 1 is 0.947 bits per heavy atom. The zero-order valence-corrected chi connectivity index (χ0v) is 11.9. The summed E-state index contributed by atoms with van der Waals surface area (Å²) in [6, 6.07) is 2.96. The average Bonchev–Trinajstić information content (AvgIpc) is 2.30. The van der Waals surface area contributed by atoms with Gasteiger partial charge in [0.05, 0.1) is 6.07 Å². The molecule has 0 spiro atoms. The highest BCUT2D eigenvalue weighted by molar-refractivity contribution is 5.07. The summed E-state index contributed by atoms with van der Waals surface area (Å²) in [6.07, 6.45) is 12.9. The van der Waals surface area contributed by atoms with Crippen LogP contribution in [0.2, 0.25) is 0 Å². The van der Waals surface area contributed by atoms with E-state index < -0.39 is 0 Å². The molecule has 19 heavy (non-hydrogen) atoms. The van der Waals surface area contributed by atoms with E-state index in [1.165, 1.54) is 12.8 Å². The molecule has 0 aromatic carbocycles. The number of nitriles is 1. The van der Waals surface area contributed by atoms with Crippen molar-refractivity contribution in [2.75, 3.05) is 6.54 Å². The van der Waals surface area contributed by atoms with Gasteiger partial charge in [0.15, 0.2) is 0 Å². The number of rotatable bonds is 4. The van der Waals surface area contributed by atoms with E-state index in [0.717, 1.165) is 41.7 Å². The molecule has 0 aliphatic heterocycles. The molecule has 4 bridgehead atoms. The molecule has 0 heterocycles. The molecule has 0 atom stereocenters. The molecular weight excluding hydrogens is 232 g/mol. The first kappa shape index (κ1) is 12.2. The lowest BCUT2D eigenvalue weighted by atomic mass is 9.43. The first-order valence-electron chi connectivity index (χ1n) is 8.38. The summed E-state index contributed by atoms with van der Waals surface area (Å²) in [6.45, 7) is 0.898. The van der Waals surface area contributed by atoms with Crippen LogP contribution in [-0.2, 0) is 0 Å². The summed E-state index contributed by atoms with van der Waals surface area (Å²) < 4.78 is 0. The Morgan fingerprint density at radius 3 is 2.05 bits per heavy atom. The van der Waals surface area contributed by atoms with Crippen LogP contribution >= 0.6 is 0 Å². The minimum atomic E-state index is 0.665. The van der Waals surface area contributed by atoms with Crippen LogP contribution in [0, 0.1) is 40.4 Å². The van der Waals surface area contributed by atoms with Gasteiger partial charge in [0.25, 0.3) is 0 Å². The second kappa shape index (κ2) is 4.48. The van der Waals surface area contributed by atoms with E-state index in [-0.39, 0.29) is 0 Å². The highest BCUT2D eigenvalue weighted by Gasteiger charge is 2.56. The molecular formula is C17H26N2. The van der Waals surface area contributed by atoms with E-state index in [0.29, 0.717) is 6.42 Å². The van der Waals surface area contributed by atoms with Gasteiger partial charge in [-0.05, 0) is 80.5 Å².